The van der Waals surface area contributed by atoms with Gasteiger partial charge >= 0.3 is 11.9 Å². The lowest BCUT2D eigenvalue weighted by Gasteiger charge is -2.32. The molecule has 0 fully saturated rings. The predicted molar refractivity (Wildman–Crippen MR) is 355 cm³/mol. The third-order valence-electron chi connectivity index (χ3n) is 19.2. The minimum Gasteiger partial charge on any atom is -0.490 e. The van der Waals surface area contributed by atoms with Crippen molar-refractivity contribution in [1.29, 1.82) is 0 Å². The van der Waals surface area contributed by atoms with Crippen LogP contribution in [0.25, 0.3) is 0 Å². The van der Waals surface area contributed by atoms with Gasteiger partial charge in [-0.2, -0.15) is 0 Å². The molecule has 11 heterocycles. The van der Waals surface area contributed by atoms with Crippen molar-refractivity contribution in [1.82, 2.24) is 19.9 Å². The summed E-state index contributed by atoms with van der Waals surface area (Å²) >= 11 is 0. The van der Waals surface area contributed by atoms with Gasteiger partial charge in [-0.3, -0.25) is 0 Å². The lowest BCUT2D eigenvalue weighted by atomic mass is 9.76. The van der Waals surface area contributed by atoms with Gasteiger partial charge in [-0.05, 0) is 184 Å². The van der Waals surface area contributed by atoms with Crippen molar-refractivity contribution >= 4 is 11.9 Å². The second-order valence-electron chi connectivity index (χ2n) is 25.6. The molecule has 92 heavy (non-hydrogen) atoms. The number of hydrogen-bond acceptors (Lipinski definition) is 10. The summed E-state index contributed by atoms with van der Waals surface area (Å²) in [5.74, 6) is 2.98. The summed E-state index contributed by atoms with van der Waals surface area (Å²) in [6.07, 6.45) is 1.56. The number of carbonyl (C=O) groups is 2. The predicted octanol–water partition coefficient (Wildman–Crippen LogP) is 14.5. The monoisotopic (exact) mass is 1230 g/mol. The van der Waals surface area contributed by atoms with E-state index < -0.39 is 33.6 Å². The molecule has 0 amide bonds. The summed E-state index contributed by atoms with van der Waals surface area (Å²) in [7, 11) is 0. The van der Waals surface area contributed by atoms with Crippen LogP contribution in [-0.2, 0) is 66.4 Å². The average Bonchev–Trinajstić information content (AvgIpc) is 1.57. The zero-order valence-electron chi connectivity index (χ0n) is 53.7. The summed E-state index contributed by atoms with van der Waals surface area (Å²) in [6, 6.07) is 59.2. The van der Waals surface area contributed by atoms with Gasteiger partial charge in [-0.25, -0.2) is 9.59 Å². The number of benzene rings is 6. The number of aromatic amines is 4. The topological polar surface area (TPSA) is 171 Å². The van der Waals surface area contributed by atoms with Crippen LogP contribution in [0.15, 0.2) is 170 Å². The van der Waals surface area contributed by atoms with Crippen LogP contribution in [0.3, 0.4) is 0 Å². The second-order valence-corrected chi connectivity index (χ2v) is 25.6. The Hall–Kier alpha value is -9.82. The largest absolute Gasteiger partial charge is 0.490 e. The number of aromatic nitrogens is 4. The van der Waals surface area contributed by atoms with Crippen molar-refractivity contribution in [2.24, 2.45) is 0 Å². The standard InChI is InChI=1S/C78H80N4O10/c1-9-85-69(83)47-91-73-53-19-13-20-54(73)44-50-16-12-18-52-46-56-22-14-21-55(74(56)92-48-70(84)86-10-2)45-51-17-11-15-49(43-53)71(51)89-41-39-87-59-27-23-57(24-28-59)77(7)65-35-31-61(79-65)75(3,4)62-32-36-66(80-62)78(8,58-25-29-60(30-26-58)88-40-42-90-72(50)52)68-38-34-64(82-68)76(5,6)63-33-37-67(77)81-63/h11-38,79-82H,9-10,39-48H2,1-8H3. The highest BCUT2D eigenvalue weighted by molar-refractivity contribution is 5.72. The lowest BCUT2D eigenvalue weighted by molar-refractivity contribution is -0.146. The maximum atomic E-state index is 13.1. The Morgan fingerprint density at radius 2 is 0.630 bits per heavy atom. The Morgan fingerprint density at radius 1 is 0.359 bits per heavy atom. The summed E-state index contributed by atoms with van der Waals surface area (Å²) in [5.41, 5.74) is 15.4. The molecule has 0 saturated carbocycles. The maximum absolute atomic E-state index is 13.1. The zero-order chi connectivity index (χ0) is 63.8. The van der Waals surface area contributed by atoms with Crippen LogP contribution in [0, 0.1) is 0 Å². The molecule has 14 heteroatoms. The molecule has 0 radical (unpaired) electrons. The average molecular weight is 1230 g/mol. The minimum atomic E-state index is -0.654. The number of hydrogen-bond donors (Lipinski definition) is 4. The zero-order valence-corrected chi connectivity index (χ0v) is 53.7. The second kappa shape index (κ2) is 25.1. The van der Waals surface area contributed by atoms with E-state index in [9.17, 15) is 9.59 Å². The highest BCUT2D eigenvalue weighted by Gasteiger charge is 2.41. The number of H-pyrrole nitrogens is 4. The number of nitrogens with one attached hydrogen (secondary N) is 4. The molecule has 24 bridgehead atoms. The van der Waals surface area contributed by atoms with E-state index in [2.05, 4.69) is 159 Å². The smallest absolute Gasteiger partial charge is 0.344 e. The summed E-state index contributed by atoms with van der Waals surface area (Å²) in [4.78, 5) is 42.1. The van der Waals surface area contributed by atoms with Crippen LogP contribution in [0.2, 0.25) is 0 Å². The molecule has 6 aromatic carbocycles. The molecular formula is C78H80N4O10. The fraction of sp³-hybridized carbons (Fsp3) is 0.308. The Morgan fingerprint density at radius 3 is 0.924 bits per heavy atom. The van der Waals surface area contributed by atoms with E-state index >= 15 is 0 Å². The van der Waals surface area contributed by atoms with Gasteiger partial charge in [0.05, 0.1) is 24.0 Å². The van der Waals surface area contributed by atoms with Gasteiger partial charge in [0.2, 0.25) is 0 Å². The molecule has 0 unspecified atom stereocenters. The molecule has 1 aliphatic carbocycles. The third-order valence-corrected chi connectivity index (χ3v) is 19.2. The van der Waals surface area contributed by atoms with E-state index in [1.165, 1.54) is 0 Å². The van der Waals surface area contributed by atoms with Gasteiger partial charge in [0.1, 0.15) is 60.9 Å². The molecule has 472 valence electrons. The van der Waals surface area contributed by atoms with Crippen molar-refractivity contribution in [2.75, 3.05) is 52.9 Å². The van der Waals surface area contributed by atoms with Gasteiger partial charge < -0.3 is 57.8 Å². The first-order valence-corrected chi connectivity index (χ1v) is 32.1. The number of fused-ring (bicyclic) bond motifs is 2. The normalized spacial score (nSPS) is 18.1. The highest BCUT2D eigenvalue weighted by Crippen LogP contribution is 2.47. The van der Waals surface area contributed by atoms with E-state index in [1.807, 2.05) is 72.8 Å². The fourth-order valence-electron chi connectivity index (χ4n) is 13.7. The SMILES string of the molecule is CCOC(=O)COc1c2cccc1Cc1cccc3c1OCCOc1ccc(cc1)C1(C)c4ccc([nH]4)C(C)(C)c4ccc([nH]4)C(C)(c4ccc(cc4)OCCOc4c(cccc4Cc4cccc(c4OCC(=O)OCC)C3)C2)c2ccc([nH]2)C(C)(C)c2ccc1[nH]2. The molecule has 14 nitrogen and oxygen atoms in total. The van der Waals surface area contributed by atoms with Crippen molar-refractivity contribution in [3.8, 4) is 34.5 Å². The molecule has 4 N–H and O–H groups in total. The van der Waals surface area contributed by atoms with Crippen LogP contribution in [0.1, 0.15) is 157 Å². The number of carbonyl (C=O) groups excluding carboxylic acids is 2. The molecule has 18 rings (SSSR count). The van der Waals surface area contributed by atoms with Crippen LogP contribution in [0.5, 0.6) is 34.5 Å². The van der Waals surface area contributed by atoms with Crippen LogP contribution in [-0.4, -0.2) is 84.7 Å². The molecule has 4 aromatic heterocycles. The lowest BCUT2D eigenvalue weighted by Crippen LogP contribution is -2.29. The van der Waals surface area contributed by atoms with Crippen molar-refractivity contribution in [3.63, 3.8) is 0 Å². The molecule has 0 atom stereocenters. The van der Waals surface area contributed by atoms with E-state index in [0.29, 0.717) is 60.2 Å². The Kier molecular flexibility index (Phi) is 16.7. The third kappa shape index (κ3) is 11.6. The summed E-state index contributed by atoms with van der Waals surface area (Å²) in [5, 5.41) is 0. The molecular weight excluding hydrogens is 1150 g/mol. The van der Waals surface area contributed by atoms with Crippen molar-refractivity contribution < 1.29 is 47.5 Å². The molecule has 8 aliphatic rings. The fourth-order valence-corrected chi connectivity index (χ4v) is 13.7. The molecule has 7 aliphatic heterocycles. The van der Waals surface area contributed by atoms with E-state index in [-0.39, 0.29) is 52.9 Å². The minimum absolute atomic E-state index is 0.211. The van der Waals surface area contributed by atoms with E-state index in [1.54, 1.807) is 13.8 Å². The number of rotatable bonds is 8. The van der Waals surface area contributed by atoms with Gasteiger partial charge in [0.15, 0.2) is 13.2 Å². The Labute approximate surface area is 537 Å². The summed E-state index contributed by atoms with van der Waals surface area (Å²) in [6.45, 7) is 18.0. The summed E-state index contributed by atoms with van der Waals surface area (Å²) < 4.78 is 51.1. The van der Waals surface area contributed by atoms with Crippen LogP contribution in [0.4, 0.5) is 0 Å². The molecule has 0 spiro atoms. The Balaban J connectivity index is 0.955. The Bertz CT molecular complexity index is 3860. The van der Waals surface area contributed by atoms with Crippen molar-refractivity contribution in [2.45, 2.75) is 103 Å². The van der Waals surface area contributed by atoms with Gasteiger partial charge in [-0.1, -0.05) is 97.1 Å². The first kappa shape index (κ1) is 61.1. The molecule has 10 aromatic rings. The maximum Gasteiger partial charge on any atom is 0.344 e. The first-order valence-electron chi connectivity index (χ1n) is 32.1. The molecule has 0 saturated heterocycles. The quantitative estimate of drug-likeness (QED) is 0.107. The number of para-hydroxylation sites is 4. The van der Waals surface area contributed by atoms with Crippen molar-refractivity contribution in [3.05, 3.63) is 271 Å². The van der Waals surface area contributed by atoms with Gasteiger partial charge in [0.25, 0.3) is 0 Å². The van der Waals surface area contributed by atoms with Crippen LogP contribution >= 0.6 is 0 Å². The van der Waals surface area contributed by atoms with Gasteiger partial charge in [0, 0.05) is 82.1 Å². The first-order chi connectivity index (χ1) is 44.5. The van der Waals surface area contributed by atoms with E-state index in [0.717, 1.165) is 101 Å². The highest BCUT2D eigenvalue weighted by atomic mass is 16.6. The van der Waals surface area contributed by atoms with E-state index in [4.69, 9.17) is 37.9 Å². The van der Waals surface area contributed by atoms with Crippen LogP contribution < -0.4 is 28.4 Å². The number of ether oxygens (including phenoxy) is 8. The number of esters is 2. The van der Waals surface area contributed by atoms with Gasteiger partial charge in [-0.15, -0.1) is 0 Å².